The molecule has 0 aliphatic carbocycles. The van der Waals surface area contributed by atoms with Gasteiger partial charge in [-0.3, -0.25) is 15.1 Å². The molecule has 3 aromatic rings. The molecule has 154 valence electrons. The second-order valence-corrected chi connectivity index (χ2v) is 7.52. The van der Waals surface area contributed by atoms with Crippen molar-refractivity contribution in [2.24, 2.45) is 0 Å². The van der Waals surface area contributed by atoms with Gasteiger partial charge in [0.15, 0.2) is 0 Å². The number of carbonyl (C=O) groups is 2. The molecule has 2 aromatic heterocycles. The van der Waals surface area contributed by atoms with Crippen molar-refractivity contribution in [3.05, 3.63) is 66.6 Å². The zero-order valence-electron chi connectivity index (χ0n) is 17.0. The predicted octanol–water partition coefficient (Wildman–Crippen LogP) is 4.33. The fourth-order valence-corrected chi connectivity index (χ4v) is 2.70. The lowest BCUT2D eigenvalue weighted by atomic mass is 10.0. The number of para-hydroxylation sites is 1. The van der Waals surface area contributed by atoms with Crippen LogP contribution in [0.4, 0.5) is 22.0 Å². The first-order valence-electron chi connectivity index (χ1n) is 9.29. The van der Waals surface area contributed by atoms with Gasteiger partial charge in [0.1, 0.15) is 11.4 Å². The Morgan fingerprint density at radius 1 is 1.03 bits per heavy atom. The Bertz CT molecular complexity index is 1060. The van der Waals surface area contributed by atoms with Crippen molar-refractivity contribution >= 4 is 29.2 Å². The topological polar surface area (TPSA) is 119 Å². The predicted molar refractivity (Wildman–Crippen MR) is 116 cm³/mol. The zero-order valence-corrected chi connectivity index (χ0v) is 17.0. The summed E-state index contributed by atoms with van der Waals surface area (Å²) >= 11 is 0. The van der Waals surface area contributed by atoms with Crippen LogP contribution in [0.1, 0.15) is 31.1 Å². The maximum absolute atomic E-state index is 12.7. The van der Waals surface area contributed by atoms with E-state index in [0.717, 1.165) is 0 Å². The highest BCUT2D eigenvalue weighted by atomic mass is 16.6. The fraction of sp³-hybridized carbons (Fsp3) is 0.182. The van der Waals surface area contributed by atoms with Crippen molar-refractivity contribution in [1.29, 1.82) is 0 Å². The van der Waals surface area contributed by atoms with Gasteiger partial charge in [-0.25, -0.2) is 9.78 Å². The van der Waals surface area contributed by atoms with E-state index in [-0.39, 0.29) is 11.4 Å². The number of nitrogens with zero attached hydrogens (tertiary/aromatic N) is 2. The Hall–Kier alpha value is -3.94. The van der Waals surface area contributed by atoms with Crippen LogP contribution in [0.2, 0.25) is 0 Å². The van der Waals surface area contributed by atoms with E-state index in [1.54, 1.807) is 69.7 Å². The molecule has 0 fully saturated rings. The highest BCUT2D eigenvalue weighted by Gasteiger charge is 2.18. The Morgan fingerprint density at radius 2 is 1.73 bits per heavy atom. The van der Waals surface area contributed by atoms with Crippen LogP contribution in [0.15, 0.2) is 61.1 Å². The monoisotopic (exact) mass is 405 g/mol. The molecule has 0 bridgehead atoms. The quantitative estimate of drug-likeness (QED) is 0.594. The van der Waals surface area contributed by atoms with Crippen molar-refractivity contribution in [1.82, 2.24) is 9.97 Å². The number of rotatable bonds is 4. The number of nitrogens with two attached hydrogens (primary N) is 1. The SMILES string of the molecule is CC(C)(C)OC(=O)Nc1ccccc1-c1cnc(N)c(C(=O)Nc2ccncc2)c1. The van der Waals surface area contributed by atoms with Crippen LogP contribution in [0, 0.1) is 0 Å². The van der Waals surface area contributed by atoms with E-state index in [1.165, 1.54) is 0 Å². The maximum atomic E-state index is 12.7. The number of amides is 2. The number of carbonyl (C=O) groups excluding carboxylic acids is 2. The van der Waals surface area contributed by atoms with E-state index in [2.05, 4.69) is 20.6 Å². The summed E-state index contributed by atoms with van der Waals surface area (Å²) in [4.78, 5) is 33.0. The van der Waals surface area contributed by atoms with E-state index in [4.69, 9.17) is 10.5 Å². The zero-order chi connectivity index (χ0) is 21.7. The minimum Gasteiger partial charge on any atom is -0.444 e. The number of hydrogen-bond acceptors (Lipinski definition) is 6. The number of benzene rings is 1. The minimum absolute atomic E-state index is 0.0999. The van der Waals surface area contributed by atoms with Crippen LogP contribution in [0.25, 0.3) is 11.1 Å². The molecular weight excluding hydrogens is 382 g/mol. The van der Waals surface area contributed by atoms with Crippen LogP contribution in [0.5, 0.6) is 0 Å². The second kappa shape index (κ2) is 8.60. The Labute approximate surface area is 174 Å². The van der Waals surface area contributed by atoms with Crippen molar-refractivity contribution in [3.8, 4) is 11.1 Å². The molecular formula is C22H23N5O3. The molecule has 0 aliphatic heterocycles. The van der Waals surface area contributed by atoms with E-state index in [0.29, 0.717) is 22.5 Å². The molecule has 0 radical (unpaired) electrons. The Morgan fingerprint density at radius 3 is 2.43 bits per heavy atom. The lowest BCUT2D eigenvalue weighted by Crippen LogP contribution is -2.27. The third-order valence-electron chi connectivity index (χ3n) is 3.98. The lowest BCUT2D eigenvalue weighted by Gasteiger charge is -2.20. The number of anilines is 3. The molecule has 0 aliphatic rings. The molecule has 0 atom stereocenters. The molecule has 8 nitrogen and oxygen atoms in total. The Kier molecular flexibility index (Phi) is 5.96. The lowest BCUT2D eigenvalue weighted by molar-refractivity contribution is 0.0636. The third-order valence-corrected chi connectivity index (χ3v) is 3.98. The van der Waals surface area contributed by atoms with Crippen molar-refractivity contribution in [2.75, 3.05) is 16.4 Å². The van der Waals surface area contributed by atoms with Crippen LogP contribution >= 0.6 is 0 Å². The summed E-state index contributed by atoms with van der Waals surface area (Å²) in [6.07, 6.45) is 4.13. The minimum atomic E-state index is -0.625. The van der Waals surface area contributed by atoms with Gasteiger partial charge in [0.05, 0.1) is 11.3 Å². The number of nitrogen functional groups attached to an aromatic ring is 1. The summed E-state index contributed by atoms with van der Waals surface area (Å²) in [5.41, 5.74) is 7.94. The second-order valence-electron chi connectivity index (χ2n) is 7.52. The molecule has 8 heteroatoms. The number of nitrogens with one attached hydrogen (secondary N) is 2. The van der Waals surface area contributed by atoms with E-state index in [1.807, 2.05) is 12.1 Å². The average Bonchev–Trinajstić information content (AvgIpc) is 2.68. The normalized spacial score (nSPS) is 10.9. The van der Waals surface area contributed by atoms with Gasteiger partial charge < -0.3 is 15.8 Å². The fourth-order valence-electron chi connectivity index (χ4n) is 2.70. The summed E-state index contributed by atoms with van der Waals surface area (Å²) in [6.45, 7) is 5.36. The summed E-state index contributed by atoms with van der Waals surface area (Å²) < 4.78 is 5.33. The summed E-state index contributed by atoms with van der Waals surface area (Å²) in [6, 6.07) is 12.1. The van der Waals surface area contributed by atoms with Crippen LogP contribution in [-0.4, -0.2) is 27.6 Å². The molecule has 2 amide bonds. The van der Waals surface area contributed by atoms with Gasteiger partial charge in [-0.1, -0.05) is 18.2 Å². The van der Waals surface area contributed by atoms with E-state index < -0.39 is 17.6 Å². The van der Waals surface area contributed by atoms with Crippen molar-refractivity contribution in [3.63, 3.8) is 0 Å². The largest absolute Gasteiger partial charge is 0.444 e. The van der Waals surface area contributed by atoms with E-state index in [9.17, 15) is 9.59 Å². The van der Waals surface area contributed by atoms with Crippen LogP contribution in [-0.2, 0) is 4.74 Å². The highest BCUT2D eigenvalue weighted by molar-refractivity contribution is 6.08. The number of aromatic nitrogens is 2. The Balaban J connectivity index is 1.89. The highest BCUT2D eigenvalue weighted by Crippen LogP contribution is 2.30. The number of pyridine rings is 2. The molecule has 0 saturated heterocycles. The number of ether oxygens (including phenoxy) is 1. The van der Waals surface area contributed by atoms with Crippen LogP contribution < -0.4 is 16.4 Å². The van der Waals surface area contributed by atoms with Gasteiger partial charge in [0.2, 0.25) is 0 Å². The first-order chi connectivity index (χ1) is 14.2. The smallest absolute Gasteiger partial charge is 0.412 e. The molecule has 30 heavy (non-hydrogen) atoms. The van der Waals surface area contributed by atoms with Crippen molar-refractivity contribution < 1.29 is 14.3 Å². The summed E-state index contributed by atoms with van der Waals surface area (Å²) in [5.74, 6) is -0.298. The molecule has 2 heterocycles. The van der Waals surface area contributed by atoms with Gasteiger partial charge in [0, 0.05) is 35.4 Å². The van der Waals surface area contributed by atoms with Gasteiger partial charge in [-0.05, 0) is 45.0 Å². The molecule has 0 unspecified atom stereocenters. The summed E-state index contributed by atoms with van der Waals surface area (Å²) in [5, 5.41) is 5.50. The molecule has 0 spiro atoms. The average molecular weight is 405 g/mol. The molecule has 3 rings (SSSR count). The molecule has 0 saturated carbocycles. The van der Waals surface area contributed by atoms with E-state index >= 15 is 0 Å². The third kappa shape index (κ3) is 5.32. The number of hydrogen-bond donors (Lipinski definition) is 3. The molecule has 1 aromatic carbocycles. The first kappa shape index (κ1) is 20.8. The van der Waals surface area contributed by atoms with Gasteiger partial charge in [-0.15, -0.1) is 0 Å². The first-order valence-corrected chi connectivity index (χ1v) is 9.29. The van der Waals surface area contributed by atoms with Gasteiger partial charge >= 0.3 is 6.09 Å². The van der Waals surface area contributed by atoms with Gasteiger partial charge in [-0.2, -0.15) is 0 Å². The van der Waals surface area contributed by atoms with Gasteiger partial charge in [0.25, 0.3) is 5.91 Å². The standard InChI is InChI=1S/C22H23N5O3/c1-22(2,3)30-21(29)27-18-7-5-4-6-16(18)14-12-17(19(23)25-13-14)20(28)26-15-8-10-24-11-9-15/h4-13H,1-3H3,(H2,23,25)(H,27,29)(H,24,26,28). The molecule has 4 N–H and O–H groups in total. The van der Waals surface area contributed by atoms with Crippen molar-refractivity contribution in [2.45, 2.75) is 26.4 Å². The van der Waals surface area contributed by atoms with Crippen LogP contribution in [0.3, 0.4) is 0 Å². The summed E-state index contributed by atoms with van der Waals surface area (Å²) in [7, 11) is 0. The maximum Gasteiger partial charge on any atom is 0.412 e.